The summed E-state index contributed by atoms with van der Waals surface area (Å²) in [4.78, 5) is 15.0. The molecule has 1 N–H and O–H groups in total. The SMILES string of the molecule is C[C@H]1CNCCN1C(=O)CCSc1ccc(F)cc1.Cl. The summed E-state index contributed by atoms with van der Waals surface area (Å²) < 4.78 is 12.7. The van der Waals surface area contributed by atoms with E-state index >= 15 is 0 Å². The number of hydrogen-bond donors (Lipinski definition) is 1. The number of rotatable bonds is 4. The lowest BCUT2D eigenvalue weighted by molar-refractivity contribution is -0.133. The first-order valence-corrected chi connectivity index (χ1v) is 7.54. The van der Waals surface area contributed by atoms with Crippen molar-refractivity contribution in [2.45, 2.75) is 24.3 Å². The lowest BCUT2D eigenvalue weighted by Gasteiger charge is -2.34. The molecule has 20 heavy (non-hydrogen) atoms. The average molecular weight is 319 g/mol. The Balaban J connectivity index is 0.00000200. The molecule has 0 unspecified atom stereocenters. The molecule has 0 saturated carbocycles. The number of nitrogens with zero attached hydrogens (tertiary/aromatic N) is 1. The summed E-state index contributed by atoms with van der Waals surface area (Å²) in [5, 5.41) is 3.27. The Morgan fingerprint density at radius 1 is 1.45 bits per heavy atom. The van der Waals surface area contributed by atoms with E-state index in [-0.39, 0.29) is 30.2 Å². The molecule has 2 rings (SSSR count). The Morgan fingerprint density at radius 3 is 2.80 bits per heavy atom. The van der Waals surface area contributed by atoms with Gasteiger partial charge in [0.1, 0.15) is 5.82 Å². The van der Waals surface area contributed by atoms with E-state index in [0.29, 0.717) is 6.42 Å². The number of thioether (sulfide) groups is 1. The maximum Gasteiger partial charge on any atom is 0.223 e. The third-order valence-corrected chi connectivity index (χ3v) is 4.23. The first-order chi connectivity index (χ1) is 9.16. The average Bonchev–Trinajstić information content (AvgIpc) is 2.41. The zero-order valence-corrected chi connectivity index (χ0v) is 13.1. The number of nitrogens with one attached hydrogen (secondary N) is 1. The number of halogens is 2. The van der Waals surface area contributed by atoms with E-state index in [1.54, 1.807) is 23.9 Å². The van der Waals surface area contributed by atoms with Crippen LogP contribution in [-0.2, 0) is 4.79 Å². The minimum atomic E-state index is -0.227. The van der Waals surface area contributed by atoms with Crippen molar-refractivity contribution in [3.05, 3.63) is 30.1 Å². The quantitative estimate of drug-likeness (QED) is 0.866. The highest BCUT2D eigenvalue weighted by Gasteiger charge is 2.22. The van der Waals surface area contributed by atoms with Crippen LogP contribution in [0.5, 0.6) is 0 Å². The number of benzene rings is 1. The highest BCUT2D eigenvalue weighted by molar-refractivity contribution is 7.99. The molecule has 1 fully saturated rings. The van der Waals surface area contributed by atoms with Gasteiger partial charge < -0.3 is 10.2 Å². The Bertz CT molecular complexity index is 430. The lowest BCUT2D eigenvalue weighted by Crippen LogP contribution is -2.52. The van der Waals surface area contributed by atoms with Gasteiger partial charge in [0.15, 0.2) is 0 Å². The summed E-state index contributed by atoms with van der Waals surface area (Å²) >= 11 is 1.59. The standard InChI is InChI=1S/C14H19FN2OS.ClH/c1-11-10-16-7-8-17(11)14(18)6-9-19-13-4-2-12(15)3-5-13;/h2-5,11,16H,6-10H2,1H3;1H/t11-;/m0./s1. The maximum absolute atomic E-state index is 12.7. The van der Waals surface area contributed by atoms with Gasteiger partial charge in [0.25, 0.3) is 0 Å². The van der Waals surface area contributed by atoms with E-state index < -0.39 is 0 Å². The van der Waals surface area contributed by atoms with Gasteiger partial charge in [-0.15, -0.1) is 24.2 Å². The molecule has 1 aliphatic rings. The monoisotopic (exact) mass is 318 g/mol. The first kappa shape index (κ1) is 17.3. The maximum atomic E-state index is 12.7. The molecule has 1 heterocycles. The van der Waals surface area contributed by atoms with Gasteiger partial charge in [-0.2, -0.15) is 0 Å². The Hall–Kier alpha value is -0.780. The van der Waals surface area contributed by atoms with Gasteiger partial charge in [-0.05, 0) is 31.2 Å². The zero-order valence-electron chi connectivity index (χ0n) is 11.5. The molecule has 0 aromatic heterocycles. The van der Waals surface area contributed by atoms with Crippen molar-refractivity contribution in [3.63, 3.8) is 0 Å². The van der Waals surface area contributed by atoms with Crippen molar-refractivity contribution in [2.24, 2.45) is 0 Å². The lowest BCUT2D eigenvalue weighted by atomic mass is 10.2. The van der Waals surface area contributed by atoms with Crippen LogP contribution in [0.2, 0.25) is 0 Å². The van der Waals surface area contributed by atoms with E-state index in [1.807, 2.05) is 4.90 Å². The molecular weight excluding hydrogens is 299 g/mol. The van der Waals surface area contributed by atoms with Crippen LogP contribution in [0.15, 0.2) is 29.2 Å². The molecule has 0 radical (unpaired) electrons. The third kappa shape index (κ3) is 4.96. The summed E-state index contributed by atoms with van der Waals surface area (Å²) in [6, 6.07) is 6.66. The van der Waals surface area contributed by atoms with E-state index in [4.69, 9.17) is 0 Å². The summed E-state index contributed by atoms with van der Waals surface area (Å²) in [5.74, 6) is 0.722. The van der Waals surface area contributed by atoms with Gasteiger partial charge in [-0.3, -0.25) is 4.79 Å². The molecule has 0 bridgehead atoms. The van der Waals surface area contributed by atoms with Crippen LogP contribution in [0.3, 0.4) is 0 Å². The predicted molar refractivity (Wildman–Crippen MR) is 83.0 cm³/mol. The van der Waals surface area contributed by atoms with Crippen LogP contribution in [0.25, 0.3) is 0 Å². The molecule has 1 amide bonds. The van der Waals surface area contributed by atoms with E-state index in [9.17, 15) is 9.18 Å². The van der Waals surface area contributed by atoms with E-state index in [2.05, 4.69) is 12.2 Å². The van der Waals surface area contributed by atoms with Crippen molar-refractivity contribution in [2.75, 3.05) is 25.4 Å². The molecule has 0 aliphatic carbocycles. The largest absolute Gasteiger partial charge is 0.337 e. The molecule has 3 nitrogen and oxygen atoms in total. The van der Waals surface area contributed by atoms with Crippen LogP contribution < -0.4 is 5.32 Å². The molecule has 112 valence electrons. The molecular formula is C14H20ClFN2OS. The third-order valence-electron chi connectivity index (χ3n) is 3.22. The van der Waals surface area contributed by atoms with Crippen molar-refractivity contribution in [3.8, 4) is 0 Å². The molecule has 0 spiro atoms. The molecule has 1 aromatic carbocycles. The van der Waals surface area contributed by atoms with Gasteiger partial charge in [-0.25, -0.2) is 4.39 Å². The molecule has 1 aliphatic heterocycles. The Labute approximate surface area is 129 Å². The fourth-order valence-corrected chi connectivity index (χ4v) is 2.98. The van der Waals surface area contributed by atoms with Gasteiger partial charge in [0.05, 0.1) is 0 Å². The summed E-state index contributed by atoms with van der Waals surface area (Å²) in [6.07, 6.45) is 0.534. The minimum absolute atomic E-state index is 0. The van der Waals surface area contributed by atoms with Crippen LogP contribution in [-0.4, -0.2) is 42.2 Å². The number of carbonyl (C=O) groups excluding carboxylic acids is 1. The predicted octanol–water partition coefficient (Wildman–Crippen LogP) is 2.55. The summed E-state index contributed by atoms with van der Waals surface area (Å²) in [7, 11) is 0. The molecule has 6 heteroatoms. The number of amides is 1. The van der Waals surface area contributed by atoms with Crippen LogP contribution in [0.1, 0.15) is 13.3 Å². The second kappa shape index (κ2) is 8.49. The number of piperazine rings is 1. The van der Waals surface area contributed by atoms with Crippen molar-refractivity contribution < 1.29 is 9.18 Å². The van der Waals surface area contributed by atoms with Gasteiger partial charge in [-0.1, -0.05) is 0 Å². The molecule has 1 saturated heterocycles. The fourth-order valence-electron chi connectivity index (χ4n) is 2.14. The van der Waals surface area contributed by atoms with Gasteiger partial charge >= 0.3 is 0 Å². The summed E-state index contributed by atoms with van der Waals surface area (Å²) in [5.41, 5.74) is 0. The smallest absolute Gasteiger partial charge is 0.223 e. The van der Waals surface area contributed by atoms with E-state index in [0.717, 1.165) is 30.3 Å². The van der Waals surface area contributed by atoms with Crippen LogP contribution in [0.4, 0.5) is 4.39 Å². The van der Waals surface area contributed by atoms with Crippen molar-refractivity contribution in [1.29, 1.82) is 0 Å². The highest BCUT2D eigenvalue weighted by Crippen LogP contribution is 2.19. The Morgan fingerprint density at radius 2 is 2.15 bits per heavy atom. The Kier molecular flexibility index (Phi) is 7.34. The number of hydrogen-bond acceptors (Lipinski definition) is 3. The second-order valence-electron chi connectivity index (χ2n) is 4.69. The topological polar surface area (TPSA) is 32.3 Å². The van der Waals surface area contributed by atoms with Gasteiger partial charge in [0, 0.05) is 42.7 Å². The summed E-state index contributed by atoms with van der Waals surface area (Å²) in [6.45, 7) is 4.61. The second-order valence-corrected chi connectivity index (χ2v) is 5.86. The molecule has 1 atom stereocenters. The highest BCUT2D eigenvalue weighted by atomic mass is 35.5. The molecule has 1 aromatic rings. The minimum Gasteiger partial charge on any atom is -0.337 e. The first-order valence-electron chi connectivity index (χ1n) is 6.55. The van der Waals surface area contributed by atoms with Gasteiger partial charge in [0.2, 0.25) is 5.91 Å². The van der Waals surface area contributed by atoms with Crippen molar-refractivity contribution >= 4 is 30.1 Å². The van der Waals surface area contributed by atoms with Crippen molar-refractivity contribution in [1.82, 2.24) is 10.2 Å². The normalized spacial score (nSPS) is 18.5. The fraction of sp³-hybridized carbons (Fsp3) is 0.500. The van der Waals surface area contributed by atoms with E-state index in [1.165, 1.54) is 12.1 Å². The van der Waals surface area contributed by atoms with Crippen LogP contribution >= 0.6 is 24.2 Å². The zero-order chi connectivity index (χ0) is 13.7. The van der Waals surface area contributed by atoms with Crippen LogP contribution in [0, 0.1) is 5.82 Å². The number of carbonyl (C=O) groups is 1.